The van der Waals surface area contributed by atoms with E-state index >= 15 is 0 Å². The molecule has 1 heterocycles. The van der Waals surface area contributed by atoms with Crippen LogP contribution in [-0.4, -0.2) is 37.6 Å². The van der Waals surface area contributed by atoms with Crippen molar-refractivity contribution in [2.45, 2.75) is 39.5 Å². The molecule has 2 heteroatoms. The second kappa shape index (κ2) is 4.84. The molecular formula is C13H28N2. The van der Waals surface area contributed by atoms with Crippen molar-refractivity contribution in [1.29, 1.82) is 0 Å². The highest BCUT2D eigenvalue weighted by Gasteiger charge is 2.43. The van der Waals surface area contributed by atoms with Gasteiger partial charge >= 0.3 is 0 Å². The van der Waals surface area contributed by atoms with Gasteiger partial charge in [0.1, 0.15) is 0 Å². The Kier molecular flexibility index (Phi) is 3.68. The van der Waals surface area contributed by atoms with Gasteiger partial charge in [-0.25, -0.2) is 0 Å². The summed E-state index contributed by atoms with van der Waals surface area (Å²) >= 11 is 0. The molecule has 90 valence electrons. The Morgan fingerprint density at radius 2 is 1.93 bits per heavy atom. The number of nitrogens with zero attached hydrogens (tertiary/aromatic N) is 1. The van der Waals surface area contributed by atoms with Crippen molar-refractivity contribution in [3.63, 3.8) is 0 Å². The predicted molar refractivity (Wildman–Crippen MR) is 67.2 cm³/mol. The molecule has 1 spiro atoms. The minimum atomic E-state index is 0. The van der Waals surface area contributed by atoms with E-state index in [0.29, 0.717) is 0 Å². The molecule has 0 aromatic rings. The monoisotopic (exact) mass is 212 g/mol. The Hall–Kier alpha value is -0.0800. The first-order valence-corrected chi connectivity index (χ1v) is 6.71. The van der Waals surface area contributed by atoms with Crippen molar-refractivity contribution in [3.05, 3.63) is 0 Å². The maximum absolute atomic E-state index is 3.49. The lowest BCUT2D eigenvalue weighted by Gasteiger charge is -2.53. The number of hydrogen-bond donors (Lipinski definition) is 1. The van der Waals surface area contributed by atoms with Gasteiger partial charge in [0.2, 0.25) is 0 Å². The summed E-state index contributed by atoms with van der Waals surface area (Å²) in [4.78, 5) is 2.59. The summed E-state index contributed by atoms with van der Waals surface area (Å²) in [5, 5.41) is 3.49. The Morgan fingerprint density at radius 1 is 1.27 bits per heavy atom. The first-order chi connectivity index (χ1) is 7.28. The Morgan fingerprint density at radius 3 is 2.47 bits per heavy atom. The van der Waals surface area contributed by atoms with Crippen LogP contribution in [0.1, 0.15) is 41.0 Å². The van der Waals surface area contributed by atoms with Gasteiger partial charge in [-0.15, -0.1) is 0 Å². The standard InChI is InChI=1S/C13H26N2.H2/c1-3-14-9-12-5-7-13(8-6-12)10-15(4-2)11-13;/h12,14H,3-11H2,1-2H3;1H. The van der Waals surface area contributed by atoms with Crippen molar-refractivity contribution < 1.29 is 1.43 Å². The largest absolute Gasteiger partial charge is 0.317 e. The Bertz CT molecular complexity index is 192. The lowest BCUT2D eigenvalue weighted by molar-refractivity contribution is -0.0343. The molecule has 0 aromatic heterocycles. The molecule has 1 aliphatic heterocycles. The van der Waals surface area contributed by atoms with Crippen molar-refractivity contribution in [2.24, 2.45) is 11.3 Å². The van der Waals surface area contributed by atoms with E-state index in [1.54, 1.807) is 0 Å². The molecule has 0 aromatic carbocycles. The van der Waals surface area contributed by atoms with Gasteiger partial charge < -0.3 is 10.2 Å². The van der Waals surface area contributed by atoms with Gasteiger partial charge in [-0.2, -0.15) is 0 Å². The SMILES string of the molecule is CCNCC1CCC2(CC1)CN(CC)C2.[HH]. The maximum atomic E-state index is 3.49. The predicted octanol–water partition coefficient (Wildman–Crippen LogP) is 2.35. The minimum absolute atomic E-state index is 0. The molecule has 0 bridgehead atoms. The molecule has 0 radical (unpaired) electrons. The highest BCUT2D eigenvalue weighted by molar-refractivity contribution is 4.97. The van der Waals surface area contributed by atoms with E-state index in [1.807, 2.05) is 0 Å². The number of nitrogens with one attached hydrogen (secondary N) is 1. The van der Waals surface area contributed by atoms with Crippen molar-refractivity contribution >= 4 is 0 Å². The minimum Gasteiger partial charge on any atom is -0.317 e. The Balaban J connectivity index is 0.00000128. The summed E-state index contributed by atoms with van der Waals surface area (Å²) < 4.78 is 0. The topological polar surface area (TPSA) is 15.3 Å². The zero-order valence-corrected chi connectivity index (χ0v) is 10.4. The van der Waals surface area contributed by atoms with Gasteiger partial charge in [-0.05, 0) is 56.7 Å². The lowest BCUT2D eigenvalue weighted by Crippen LogP contribution is -2.57. The van der Waals surface area contributed by atoms with Gasteiger partial charge in [0.25, 0.3) is 0 Å². The first-order valence-electron chi connectivity index (χ1n) is 6.71. The maximum Gasteiger partial charge on any atom is 0.00504 e. The third-order valence-electron chi connectivity index (χ3n) is 4.41. The van der Waals surface area contributed by atoms with Crippen molar-refractivity contribution in [2.75, 3.05) is 32.7 Å². The quantitative estimate of drug-likeness (QED) is 0.769. The summed E-state index contributed by atoms with van der Waals surface area (Å²) in [6.07, 6.45) is 5.90. The number of hydrogen-bond acceptors (Lipinski definition) is 2. The zero-order valence-electron chi connectivity index (χ0n) is 10.4. The molecule has 15 heavy (non-hydrogen) atoms. The molecule has 2 nitrogen and oxygen atoms in total. The highest BCUT2D eigenvalue weighted by Crippen LogP contribution is 2.45. The van der Waals surface area contributed by atoms with Crippen LogP contribution in [-0.2, 0) is 0 Å². The fourth-order valence-corrected chi connectivity index (χ4v) is 3.28. The average Bonchev–Trinajstić information content (AvgIpc) is 2.24. The Labute approximate surface area is 95.9 Å². The molecule has 1 aliphatic carbocycles. The first kappa shape index (κ1) is 11.4. The summed E-state index contributed by atoms with van der Waals surface area (Å²) in [5.41, 5.74) is 0.749. The van der Waals surface area contributed by atoms with Gasteiger partial charge in [0.15, 0.2) is 0 Å². The van der Waals surface area contributed by atoms with Crippen LogP contribution < -0.4 is 5.32 Å². The summed E-state index contributed by atoms with van der Waals surface area (Å²) in [6.45, 7) is 10.9. The molecular weight excluding hydrogens is 184 g/mol. The number of likely N-dealkylation sites (tertiary alicyclic amines) is 1. The smallest absolute Gasteiger partial charge is 0.00504 e. The van der Waals surface area contributed by atoms with Crippen molar-refractivity contribution in [1.82, 2.24) is 10.2 Å². The molecule has 0 unspecified atom stereocenters. The fraction of sp³-hybridized carbons (Fsp3) is 1.00. The molecule has 0 atom stereocenters. The van der Waals surface area contributed by atoms with Crippen LogP contribution in [0.25, 0.3) is 0 Å². The summed E-state index contributed by atoms with van der Waals surface area (Å²) in [6, 6.07) is 0. The zero-order chi connectivity index (χ0) is 10.7. The van der Waals surface area contributed by atoms with Gasteiger partial charge in [-0.1, -0.05) is 13.8 Å². The van der Waals surface area contributed by atoms with Crippen LogP contribution in [0.5, 0.6) is 0 Å². The van der Waals surface area contributed by atoms with Gasteiger partial charge in [0, 0.05) is 14.5 Å². The van der Waals surface area contributed by atoms with E-state index in [1.165, 1.54) is 51.9 Å². The van der Waals surface area contributed by atoms with E-state index in [9.17, 15) is 0 Å². The van der Waals surface area contributed by atoms with Gasteiger partial charge in [0.05, 0.1) is 0 Å². The van der Waals surface area contributed by atoms with Crippen LogP contribution in [0.2, 0.25) is 0 Å². The molecule has 2 rings (SSSR count). The second-order valence-corrected chi connectivity index (χ2v) is 5.55. The second-order valence-electron chi connectivity index (χ2n) is 5.55. The number of rotatable bonds is 4. The van der Waals surface area contributed by atoms with E-state index < -0.39 is 0 Å². The highest BCUT2D eigenvalue weighted by atomic mass is 15.2. The average molecular weight is 212 g/mol. The molecule has 1 saturated carbocycles. The molecule has 2 fully saturated rings. The third kappa shape index (κ3) is 2.54. The molecule has 1 saturated heterocycles. The summed E-state index contributed by atoms with van der Waals surface area (Å²) in [5.74, 6) is 0.964. The van der Waals surface area contributed by atoms with Crippen LogP contribution in [0.3, 0.4) is 0 Å². The lowest BCUT2D eigenvalue weighted by atomic mass is 9.66. The molecule has 1 N–H and O–H groups in total. The summed E-state index contributed by atoms with van der Waals surface area (Å²) in [7, 11) is 0. The van der Waals surface area contributed by atoms with Crippen LogP contribution >= 0.6 is 0 Å². The van der Waals surface area contributed by atoms with Crippen LogP contribution in [0, 0.1) is 11.3 Å². The van der Waals surface area contributed by atoms with E-state index in [-0.39, 0.29) is 1.43 Å². The van der Waals surface area contributed by atoms with Crippen LogP contribution in [0.15, 0.2) is 0 Å². The molecule has 2 aliphatic rings. The van der Waals surface area contributed by atoms with Crippen molar-refractivity contribution in [3.8, 4) is 0 Å². The van der Waals surface area contributed by atoms with Gasteiger partial charge in [-0.3, -0.25) is 0 Å². The van der Waals surface area contributed by atoms with E-state index in [2.05, 4.69) is 24.1 Å². The van der Waals surface area contributed by atoms with E-state index in [0.717, 1.165) is 17.9 Å². The van der Waals surface area contributed by atoms with Crippen LogP contribution in [0.4, 0.5) is 0 Å². The third-order valence-corrected chi connectivity index (χ3v) is 4.41. The fourth-order valence-electron chi connectivity index (χ4n) is 3.28. The van der Waals surface area contributed by atoms with E-state index in [4.69, 9.17) is 0 Å². The normalized spacial score (nSPS) is 26.8. The molecule has 0 amide bonds.